The van der Waals surface area contributed by atoms with Crippen LogP contribution < -0.4 is 5.73 Å². The van der Waals surface area contributed by atoms with Gasteiger partial charge in [0.2, 0.25) is 0 Å². The Morgan fingerprint density at radius 3 is 3.10 bits per heavy atom. The minimum Gasteiger partial charge on any atom is -0.380 e. The minimum atomic E-state index is 0.368. The standard InChI is InChI=1S/C16H22N2OS/c17-15-3-6-18(12-15)7-9-19-8-4-13-1-2-16-14(11-13)5-10-20-16/h1-2,5,10-11,15H,3-4,6-9,12,17H2. The zero-order valence-electron chi connectivity index (χ0n) is 11.8. The van der Waals surface area contributed by atoms with Gasteiger partial charge in [0.25, 0.3) is 0 Å². The number of benzene rings is 1. The van der Waals surface area contributed by atoms with Gasteiger partial charge in [0.1, 0.15) is 0 Å². The normalized spacial score (nSPS) is 19.9. The molecule has 4 heteroatoms. The van der Waals surface area contributed by atoms with Gasteiger partial charge in [-0.2, -0.15) is 0 Å². The number of nitrogens with two attached hydrogens (primary N) is 1. The molecular weight excluding hydrogens is 268 g/mol. The molecule has 0 saturated carbocycles. The second kappa shape index (κ2) is 6.68. The molecule has 1 aromatic carbocycles. The molecule has 2 N–H and O–H groups in total. The van der Waals surface area contributed by atoms with Crippen LogP contribution in [-0.2, 0) is 11.2 Å². The minimum absolute atomic E-state index is 0.368. The van der Waals surface area contributed by atoms with Gasteiger partial charge < -0.3 is 10.5 Å². The summed E-state index contributed by atoms with van der Waals surface area (Å²) in [7, 11) is 0. The molecule has 0 bridgehead atoms. The van der Waals surface area contributed by atoms with Crippen LogP contribution in [-0.4, -0.2) is 43.8 Å². The predicted octanol–water partition coefficient (Wildman–Crippen LogP) is 2.49. The third-order valence-electron chi connectivity index (χ3n) is 3.91. The van der Waals surface area contributed by atoms with Gasteiger partial charge in [-0.25, -0.2) is 0 Å². The zero-order valence-corrected chi connectivity index (χ0v) is 12.6. The molecule has 3 rings (SSSR count). The Bertz CT molecular complexity index is 554. The summed E-state index contributed by atoms with van der Waals surface area (Å²) >= 11 is 1.80. The van der Waals surface area contributed by atoms with Crippen molar-refractivity contribution in [1.82, 2.24) is 4.90 Å². The van der Waals surface area contributed by atoms with E-state index >= 15 is 0 Å². The Morgan fingerprint density at radius 2 is 2.25 bits per heavy atom. The lowest BCUT2D eigenvalue weighted by Crippen LogP contribution is -2.29. The maximum Gasteiger partial charge on any atom is 0.0593 e. The lowest BCUT2D eigenvalue weighted by molar-refractivity contribution is 0.113. The average Bonchev–Trinajstić information content (AvgIpc) is 3.06. The van der Waals surface area contributed by atoms with Crippen molar-refractivity contribution in [2.45, 2.75) is 18.9 Å². The first kappa shape index (κ1) is 14.0. The van der Waals surface area contributed by atoms with Gasteiger partial charge in [-0.1, -0.05) is 12.1 Å². The highest BCUT2D eigenvalue weighted by atomic mass is 32.1. The van der Waals surface area contributed by atoms with Crippen molar-refractivity contribution in [2.24, 2.45) is 5.73 Å². The summed E-state index contributed by atoms with van der Waals surface area (Å²) in [4.78, 5) is 2.39. The van der Waals surface area contributed by atoms with Crippen molar-refractivity contribution in [1.29, 1.82) is 0 Å². The lowest BCUT2D eigenvalue weighted by atomic mass is 10.1. The molecule has 1 aromatic heterocycles. The number of ether oxygens (including phenoxy) is 1. The van der Waals surface area contributed by atoms with E-state index in [9.17, 15) is 0 Å². The van der Waals surface area contributed by atoms with E-state index in [1.165, 1.54) is 15.6 Å². The number of nitrogens with zero attached hydrogens (tertiary/aromatic N) is 1. The number of rotatable bonds is 6. The first-order chi connectivity index (χ1) is 9.81. The summed E-state index contributed by atoms with van der Waals surface area (Å²) in [5.41, 5.74) is 7.25. The summed E-state index contributed by atoms with van der Waals surface area (Å²) in [6.07, 6.45) is 2.12. The van der Waals surface area contributed by atoms with E-state index in [4.69, 9.17) is 10.5 Å². The molecule has 1 aliphatic rings. The van der Waals surface area contributed by atoms with E-state index in [-0.39, 0.29) is 0 Å². The van der Waals surface area contributed by atoms with Crippen LogP contribution in [0, 0.1) is 0 Å². The largest absolute Gasteiger partial charge is 0.380 e. The van der Waals surface area contributed by atoms with Gasteiger partial charge in [-0.3, -0.25) is 4.90 Å². The second-order valence-electron chi connectivity index (χ2n) is 5.50. The molecule has 0 radical (unpaired) electrons. The van der Waals surface area contributed by atoms with Crippen molar-refractivity contribution in [3.8, 4) is 0 Å². The first-order valence-corrected chi connectivity index (χ1v) is 8.21. The first-order valence-electron chi connectivity index (χ1n) is 7.33. The highest BCUT2D eigenvalue weighted by molar-refractivity contribution is 7.17. The second-order valence-corrected chi connectivity index (χ2v) is 6.45. The Kier molecular flexibility index (Phi) is 4.68. The topological polar surface area (TPSA) is 38.5 Å². The van der Waals surface area contributed by atoms with Gasteiger partial charge in [-0.15, -0.1) is 11.3 Å². The zero-order chi connectivity index (χ0) is 13.8. The molecule has 1 aliphatic heterocycles. The molecule has 1 fully saturated rings. The Labute approximate surface area is 124 Å². The summed E-state index contributed by atoms with van der Waals surface area (Å²) in [6, 6.07) is 9.24. The van der Waals surface area contributed by atoms with Crippen LogP contribution in [0.15, 0.2) is 29.6 Å². The van der Waals surface area contributed by atoms with Crippen molar-refractivity contribution in [3.05, 3.63) is 35.2 Å². The number of hydrogen-bond acceptors (Lipinski definition) is 4. The van der Waals surface area contributed by atoms with E-state index < -0.39 is 0 Å². The molecule has 2 heterocycles. The summed E-state index contributed by atoms with van der Waals surface area (Å²) < 4.78 is 7.11. The molecule has 0 amide bonds. The van der Waals surface area contributed by atoms with E-state index in [2.05, 4.69) is 34.5 Å². The molecule has 1 saturated heterocycles. The SMILES string of the molecule is NC1CCN(CCOCCc2ccc3sccc3c2)C1. The van der Waals surface area contributed by atoms with E-state index in [0.29, 0.717) is 6.04 Å². The van der Waals surface area contributed by atoms with Crippen LogP contribution >= 0.6 is 11.3 Å². The average molecular weight is 290 g/mol. The quantitative estimate of drug-likeness (QED) is 0.831. The number of hydrogen-bond donors (Lipinski definition) is 1. The molecule has 0 spiro atoms. The van der Waals surface area contributed by atoms with Gasteiger partial charge in [0.05, 0.1) is 13.2 Å². The van der Waals surface area contributed by atoms with Gasteiger partial charge in [0.15, 0.2) is 0 Å². The summed E-state index contributed by atoms with van der Waals surface area (Å²) in [6.45, 7) is 4.78. The van der Waals surface area contributed by atoms with Crippen molar-refractivity contribution >= 4 is 21.4 Å². The Morgan fingerprint density at radius 1 is 1.30 bits per heavy atom. The number of fused-ring (bicyclic) bond motifs is 1. The van der Waals surface area contributed by atoms with Gasteiger partial charge in [0, 0.05) is 23.8 Å². The third kappa shape index (κ3) is 3.58. The fraction of sp³-hybridized carbons (Fsp3) is 0.500. The van der Waals surface area contributed by atoms with Crippen molar-refractivity contribution in [2.75, 3.05) is 32.8 Å². The highest BCUT2D eigenvalue weighted by Gasteiger charge is 2.17. The number of thiophene rings is 1. The fourth-order valence-electron chi connectivity index (χ4n) is 2.72. The van der Waals surface area contributed by atoms with Crippen LogP contribution in [0.25, 0.3) is 10.1 Å². The molecule has 108 valence electrons. The fourth-order valence-corrected chi connectivity index (χ4v) is 3.49. The van der Waals surface area contributed by atoms with Crippen molar-refractivity contribution < 1.29 is 4.74 Å². The Hall–Kier alpha value is -0.940. The van der Waals surface area contributed by atoms with Gasteiger partial charge in [-0.05, 0) is 47.8 Å². The molecule has 0 aliphatic carbocycles. The van der Waals surface area contributed by atoms with E-state index in [1.54, 1.807) is 11.3 Å². The summed E-state index contributed by atoms with van der Waals surface area (Å²) in [5, 5.41) is 3.49. The van der Waals surface area contributed by atoms with Crippen LogP contribution in [0.5, 0.6) is 0 Å². The van der Waals surface area contributed by atoms with Crippen LogP contribution in [0.2, 0.25) is 0 Å². The van der Waals surface area contributed by atoms with E-state index in [1.807, 2.05) is 0 Å². The lowest BCUT2D eigenvalue weighted by Gasteiger charge is -2.14. The molecule has 20 heavy (non-hydrogen) atoms. The molecule has 3 nitrogen and oxygen atoms in total. The smallest absolute Gasteiger partial charge is 0.0593 e. The monoisotopic (exact) mass is 290 g/mol. The maximum absolute atomic E-state index is 5.89. The van der Waals surface area contributed by atoms with Crippen molar-refractivity contribution in [3.63, 3.8) is 0 Å². The van der Waals surface area contributed by atoms with Crippen LogP contribution in [0.3, 0.4) is 0 Å². The molecule has 1 unspecified atom stereocenters. The predicted molar refractivity (Wildman–Crippen MR) is 85.4 cm³/mol. The highest BCUT2D eigenvalue weighted by Crippen LogP contribution is 2.21. The molecule has 2 aromatic rings. The van der Waals surface area contributed by atoms with Gasteiger partial charge >= 0.3 is 0 Å². The summed E-state index contributed by atoms with van der Waals surface area (Å²) in [5.74, 6) is 0. The van der Waals surface area contributed by atoms with Crippen LogP contribution in [0.1, 0.15) is 12.0 Å². The maximum atomic E-state index is 5.89. The Balaban J connectivity index is 1.37. The third-order valence-corrected chi connectivity index (χ3v) is 4.81. The van der Waals surface area contributed by atoms with E-state index in [0.717, 1.165) is 45.7 Å². The van der Waals surface area contributed by atoms with Crippen LogP contribution in [0.4, 0.5) is 0 Å². The molecular formula is C16H22N2OS. The number of likely N-dealkylation sites (tertiary alicyclic amines) is 1. The molecule has 1 atom stereocenters.